The van der Waals surface area contributed by atoms with E-state index < -0.39 is 0 Å². The Labute approximate surface area is 118 Å². The van der Waals surface area contributed by atoms with Crippen molar-refractivity contribution in [2.24, 2.45) is 0 Å². The summed E-state index contributed by atoms with van der Waals surface area (Å²) in [6.45, 7) is 0.616. The van der Waals surface area contributed by atoms with Crippen molar-refractivity contribution in [2.75, 3.05) is 5.32 Å². The number of phenols is 1. The van der Waals surface area contributed by atoms with E-state index in [1.165, 1.54) is 32.1 Å². The predicted octanol–water partition coefficient (Wildman–Crippen LogP) is 3.17. The van der Waals surface area contributed by atoms with Gasteiger partial charge in [0.15, 0.2) is 5.82 Å². The van der Waals surface area contributed by atoms with Crippen LogP contribution in [0.25, 0.3) is 0 Å². The molecule has 0 spiro atoms. The van der Waals surface area contributed by atoms with E-state index in [4.69, 9.17) is 0 Å². The summed E-state index contributed by atoms with van der Waals surface area (Å²) in [6, 6.07) is 7.01. The van der Waals surface area contributed by atoms with Crippen LogP contribution in [-0.2, 0) is 6.54 Å². The number of nitrogens with one attached hydrogen (secondary N) is 2. The first-order valence-electron chi connectivity index (χ1n) is 7.25. The fourth-order valence-electron chi connectivity index (χ4n) is 2.70. The third-order valence-corrected chi connectivity index (χ3v) is 3.85. The van der Waals surface area contributed by atoms with Gasteiger partial charge in [-0.15, -0.1) is 0 Å². The van der Waals surface area contributed by atoms with Crippen LogP contribution in [0.1, 0.15) is 49.7 Å². The molecule has 2 aromatic rings. The largest absolute Gasteiger partial charge is 0.508 e. The lowest BCUT2D eigenvalue weighted by molar-refractivity contribution is 0.429. The van der Waals surface area contributed by atoms with Gasteiger partial charge >= 0.3 is 0 Å². The molecule has 1 aromatic carbocycles. The number of phenolic OH excluding ortho intramolecular Hbond substituents is 1. The summed E-state index contributed by atoms with van der Waals surface area (Å²) in [5.41, 5.74) is 0.957. The lowest BCUT2D eigenvalue weighted by Gasteiger charge is -2.18. The Bertz CT molecular complexity index is 543. The molecule has 0 aliphatic heterocycles. The maximum absolute atomic E-state index is 9.23. The lowest BCUT2D eigenvalue weighted by atomic mass is 9.89. The second-order valence-electron chi connectivity index (χ2n) is 5.38. The molecular weight excluding hydrogens is 252 g/mol. The fourth-order valence-corrected chi connectivity index (χ4v) is 2.70. The van der Waals surface area contributed by atoms with Gasteiger partial charge in [-0.3, -0.25) is 5.10 Å². The van der Waals surface area contributed by atoms with Crippen molar-refractivity contribution in [1.29, 1.82) is 0 Å². The highest BCUT2D eigenvalue weighted by Gasteiger charge is 2.19. The molecule has 1 heterocycles. The van der Waals surface area contributed by atoms with Crippen LogP contribution in [0.15, 0.2) is 24.3 Å². The van der Waals surface area contributed by atoms with Crippen LogP contribution >= 0.6 is 0 Å². The molecule has 20 heavy (non-hydrogen) atoms. The van der Waals surface area contributed by atoms with Gasteiger partial charge in [-0.2, -0.15) is 5.10 Å². The molecule has 1 aliphatic carbocycles. The number of anilines is 1. The predicted molar refractivity (Wildman–Crippen MR) is 77.6 cm³/mol. The van der Waals surface area contributed by atoms with Gasteiger partial charge in [0.25, 0.3) is 0 Å². The van der Waals surface area contributed by atoms with Gasteiger partial charge in [-0.05, 0) is 37.1 Å². The minimum atomic E-state index is 0.273. The minimum Gasteiger partial charge on any atom is -0.508 e. The zero-order valence-corrected chi connectivity index (χ0v) is 11.5. The van der Waals surface area contributed by atoms with Gasteiger partial charge in [-0.1, -0.05) is 19.3 Å². The summed E-state index contributed by atoms with van der Waals surface area (Å²) in [4.78, 5) is 4.59. The van der Waals surface area contributed by atoms with E-state index in [1.54, 1.807) is 12.1 Å². The maximum Gasteiger partial charge on any atom is 0.153 e. The molecule has 0 unspecified atom stereocenters. The summed E-state index contributed by atoms with van der Waals surface area (Å²) in [7, 11) is 0. The van der Waals surface area contributed by atoms with Gasteiger partial charge in [-0.25, -0.2) is 4.98 Å². The lowest BCUT2D eigenvalue weighted by Crippen LogP contribution is -2.06. The Hall–Kier alpha value is -2.04. The monoisotopic (exact) mass is 272 g/mol. The molecule has 1 aliphatic rings. The Morgan fingerprint density at radius 3 is 2.65 bits per heavy atom. The van der Waals surface area contributed by atoms with E-state index >= 15 is 0 Å². The molecule has 0 bridgehead atoms. The SMILES string of the molecule is Oc1ccc(NCc2nc(C3CCCCC3)n[nH]2)cc1. The van der Waals surface area contributed by atoms with Crippen molar-refractivity contribution < 1.29 is 5.11 Å². The van der Waals surface area contributed by atoms with E-state index in [0.29, 0.717) is 12.5 Å². The first-order chi connectivity index (χ1) is 9.81. The van der Waals surface area contributed by atoms with Crippen molar-refractivity contribution >= 4 is 5.69 Å². The molecule has 0 atom stereocenters. The number of aromatic nitrogens is 3. The molecule has 1 saturated carbocycles. The topological polar surface area (TPSA) is 73.8 Å². The second-order valence-corrected chi connectivity index (χ2v) is 5.38. The van der Waals surface area contributed by atoms with Gasteiger partial charge in [0.05, 0.1) is 6.54 Å². The highest BCUT2D eigenvalue weighted by atomic mass is 16.3. The average molecular weight is 272 g/mol. The van der Waals surface area contributed by atoms with E-state index in [0.717, 1.165) is 17.3 Å². The highest BCUT2D eigenvalue weighted by molar-refractivity contribution is 5.45. The first kappa shape index (κ1) is 13.0. The van der Waals surface area contributed by atoms with Crippen molar-refractivity contribution in [3.8, 4) is 5.75 Å². The third-order valence-electron chi connectivity index (χ3n) is 3.85. The standard InChI is InChI=1S/C15H20N4O/c20-13-8-6-12(7-9-13)16-10-14-17-15(19-18-14)11-4-2-1-3-5-11/h6-9,11,16,20H,1-5,10H2,(H,17,18,19). The van der Waals surface area contributed by atoms with Crippen molar-refractivity contribution in [2.45, 2.75) is 44.6 Å². The summed E-state index contributed by atoms with van der Waals surface area (Å²) in [5, 5.41) is 19.9. The summed E-state index contributed by atoms with van der Waals surface area (Å²) in [6.07, 6.45) is 6.35. The number of rotatable bonds is 4. The van der Waals surface area contributed by atoms with E-state index in [9.17, 15) is 5.11 Å². The molecule has 1 aromatic heterocycles. The quantitative estimate of drug-likeness (QED) is 0.747. The smallest absolute Gasteiger partial charge is 0.153 e. The first-order valence-corrected chi connectivity index (χ1v) is 7.25. The zero-order chi connectivity index (χ0) is 13.8. The number of hydrogen-bond acceptors (Lipinski definition) is 4. The second kappa shape index (κ2) is 5.94. The molecule has 3 rings (SSSR count). The van der Waals surface area contributed by atoms with E-state index in [-0.39, 0.29) is 5.75 Å². The molecule has 106 valence electrons. The maximum atomic E-state index is 9.23. The number of nitrogens with zero attached hydrogens (tertiary/aromatic N) is 2. The van der Waals surface area contributed by atoms with Crippen molar-refractivity contribution in [1.82, 2.24) is 15.2 Å². The molecule has 3 N–H and O–H groups in total. The number of aromatic amines is 1. The highest BCUT2D eigenvalue weighted by Crippen LogP contribution is 2.30. The van der Waals surface area contributed by atoms with Gasteiger partial charge < -0.3 is 10.4 Å². The van der Waals surface area contributed by atoms with Crippen LogP contribution in [-0.4, -0.2) is 20.3 Å². The zero-order valence-electron chi connectivity index (χ0n) is 11.5. The summed E-state index contributed by atoms with van der Waals surface area (Å²) in [5.74, 6) is 2.63. The molecular formula is C15H20N4O. The molecule has 5 heteroatoms. The van der Waals surface area contributed by atoms with Gasteiger partial charge in [0, 0.05) is 11.6 Å². The van der Waals surface area contributed by atoms with Crippen LogP contribution in [0, 0.1) is 0 Å². The van der Waals surface area contributed by atoms with Crippen molar-refractivity contribution in [3.05, 3.63) is 35.9 Å². The number of hydrogen-bond donors (Lipinski definition) is 3. The van der Waals surface area contributed by atoms with Gasteiger partial charge in [0.1, 0.15) is 11.6 Å². The Morgan fingerprint density at radius 2 is 1.90 bits per heavy atom. The van der Waals surface area contributed by atoms with Crippen molar-refractivity contribution in [3.63, 3.8) is 0 Å². The number of aromatic hydroxyl groups is 1. The molecule has 1 fully saturated rings. The van der Waals surface area contributed by atoms with Gasteiger partial charge in [0.2, 0.25) is 0 Å². The Balaban J connectivity index is 1.58. The van der Waals surface area contributed by atoms with Crippen LogP contribution in [0.3, 0.4) is 0 Å². The van der Waals surface area contributed by atoms with E-state index in [1.807, 2.05) is 12.1 Å². The molecule has 0 radical (unpaired) electrons. The summed E-state index contributed by atoms with van der Waals surface area (Å²) < 4.78 is 0. The normalized spacial score (nSPS) is 16.2. The number of benzene rings is 1. The number of H-pyrrole nitrogens is 1. The molecule has 0 saturated heterocycles. The summed E-state index contributed by atoms with van der Waals surface area (Å²) >= 11 is 0. The van der Waals surface area contributed by atoms with Crippen LogP contribution in [0.5, 0.6) is 5.75 Å². The molecule has 0 amide bonds. The third kappa shape index (κ3) is 3.10. The van der Waals surface area contributed by atoms with Crippen LogP contribution in [0.4, 0.5) is 5.69 Å². The Morgan fingerprint density at radius 1 is 1.15 bits per heavy atom. The molecule has 5 nitrogen and oxygen atoms in total. The van der Waals surface area contributed by atoms with Crippen LogP contribution in [0.2, 0.25) is 0 Å². The average Bonchev–Trinajstić information content (AvgIpc) is 2.97. The van der Waals surface area contributed by atoms with Crippen LogP contribution < -0.4 is 5.32 Å². The fraction of sp³-hybridized carbons (Fsp3) is 0.467. The Kier molecular flexibility index (Phi) is 3.85. The minimum absolute atomic E-state index is 0.273. The van der Waals surface area contributed by atoms with E-state index in [2.05, 4.69) is 20.5 Å².